The van der Waals surface area contributed by atoms with Gasteiger partial charge in [0.05, 0.1) is 6.61 Å². The first-order valence-electron chi connectivity index (χ1n) is 6.15. The van der Waals surface area contributed by atoms with E-state index in [4.69, 9.17) is 5.11 Å². The molecule has 1 aromatic rings. The van der Waals surface area contributed by atoms with Gasteiger partial charge in [-0.1, -0.05) is 6.92 Å². The summed E-state index contributed by atoms with van der Waals surface area (Å²) in [7, 11) is -3.38. The molecule has 0 saturated carbocycles. The van der Waals surface area contributed by atoms with Gasteiger partial charge in [0.15, 0.2) is 0 Å². The highest BCUT2D eigenvalue weighted by atomic mass is 32.2. The van der Waals surface area contributed by atoms with Crippen molar-refractivity contribution in [1.29, 1.82) is 0 Å². The molecule has 1 N–H and O–H groups in total. The Morgan fingerprint density at radius 1 is 1.50 bits per heavy atom. The molecule has 0 amide bonds. The summed E-state index contributed by atoms with van der Waals surface area (Å²) in [6.07, 6.45) is 1.83. The van der Waals surface area contributed by atoms with Crippen molar-refractivity contribution in [1.82, 2.24) is 4.31 Å². The van der Waals surface area contributed by atoms with Crippen molar-refractivity contribution in [2.75, 3.05) is 6.54 Å². The van der Waals surface area contributed by atoms with Crippen LogP contribution in [-0.2, 0) is 16.6 Å². The van der Waals surface area contributed by atoms with Gasteiger partial charge in [-0.2, -0.15) is 4.31 Å². The van der Waals surface area contributed by atoms with Crippen molar-refractivity contribution in [2.45, 2.75) is 43.5 Å². The summed E-state index contributed by atoms with van der Waals surface area (Å²) >= 11 is 1.19. The predicted octanol–water partition coefficient (Wildman–Crippen LogP) is 2.05. The monoisotopic (exact) mass is 289 g/mol. The van der Waals surface area contributed by atoms with Gasteiger partial charge in [0, 0.05) is 12.6 Å². The molecule has 0 radical (unpaired) electrons. The lowest BCUT2D eigenvalue weighted by Crippen LogP contribution is -2.43. The van der Waals surface area contributed by atoms with E-state index in [9.17, 15) is 8.42 Å². The number of aliphatic hydroxyl groups is 1. The highest BCUT2D eigenvalue weighted by Crippen LogP contribution is 2.30. The highest BCUT2D eigenvalue weighted by Gasteiger charge is 2.33. The zero-order chi connectivity index (χ0) is 13.3. The number of sulfonamides is 1. The molecule has 0 bridgehead atoms. The van der Waals surface area contributed by atoms with E-state index in [-0.39, 0.29) is 12.6 Å². The Morgan fingerprint density at radius 2 is 2.22 bits per heavy atom. The van der Waals surface area contributed by atoms with Crippen molar-refractivity contribution in [2.24, 2.45) is 5.92 Å². The fourth-order valence-electron chi connectivity index (χ4n) is 2.43. The van der Waals surface area contributed by atoms with Crippen molar-refractivity contribution in [3.8, 4) is 0 Å². The summed E-state index contributed by atoms with van der Waals surface area (Å²) in [5, 5.41) is 10.7. The van der Waals surface area contributed by atoms with Crippen LogP contribution in [0.15, 0.2) is 15.7 Å². The number of aliphatic hydroxyl groups excluding tert-OH is 1. The molecule has 6 heteroatoms. The molecule has 1 saturated heterocycles. The molecule has 1 aromatic heterocycles. The number of rotatable bonds is 3. The van der Waals surface area contributed by atoms with E-state index in [1.165, 1.54) is 11.3 Å². The average molecular weight is 289 g/mol. The van der Waals surface area contributed by atoms with Crippen molar-refractivity contribution in [3.05, 3.63) is 17.0 Å². The van der Waals surface area contributed by atoms with Crippen LogP contribution in [0.3, 0.4) is 0 Å². The predicted molar refractivity (Wildman–Crippen MR) is 72.0 cm³/mol. The van der Waals surface area contributed by atoms with Crippen LogP contribution in [-0.4, -0.2) is 30.4 Å². The highest BCUT2D eigenvalue weighted by molar-refractivity contribution is 7.91. The number of nitrogens with zero attached hydrogens (tertiary/aromatic N) is 1. The molecule has 1 aliphatic rings. The van der Waals surface area contributed by atoms with Gasteiger partial charge >= 0.3 is 0 Å². The number of piperidine rings is 1. The molecule has 0 spiro atoms. The van der Waals surface area contributed by atoms with Crippen LogP contribution in [0, 0.1) is 5.92 Å². The van der Waals surface area contributed by atoms with Crippen LogP contribution < -0.4 is 0 Å². The maximum absolute atomic E-state index is 12.5. The van der Waals surface area contributed by atoms with Gasteiger partial charge in [-0.3, -0.25) is 0 Å². The smallest absolute Gasteiger partial charge is 0.252 e. The van der Waals surface area contributed by atoms with Crippen LogP contribution in [0.2, 0.25) is 0 Å². The first kappa shape index (κ1) is 14.0. The fraction of sp³-hybridized carbons (Fsp3) is 0.667. The Kier molecular flexibility index (Phi) is 4.11. The van der Waals surface area contributed by atoms with Gasteiger partial charge in [0.25, 0.3) is 10.0 Å². The second-order valence-corrected chi connectivity index (χ2v) is 8.06. The van der Waals surface area contributed by atoms with Crippen LogP contribution in [0.25, 0.3) is 0 Å². The Hall–Kier alpha value is -0.430. The molecule has 2 rings (SSSR count). The number of thiophene rings is 1. The standard InChI is InChI=1S/C12H19NO3S2/c1-9-3-4-13(10(2)5-9)18(15,16)12-6-11(7-14)8-17-12/h6,8-10,14H,3-5,7H2,1-2H3. The lowest BCUT2D eigenvalue weighted by atomic mass is 9.95. The lowest BCUT2D eigenvalue weighted by molar-refractivity contribution is 0.220. The van der Waals surface area contributed by atoms with Gasteiger partial charge in [-0.15, -0.1) is 11.3 Å². The third kappa shape index (κ3) is 2.61. The molecular weight excluding hydrogens is 270 g/mol. The summed E-state index contributed by atoms with van der Waals surface area (Å²) in [5.41, 5.74) is 0.664. The van der Waals surface area contributed by atoms with E-state index in [1.807, 2.05) is 6.92 Å². The second-order valence-electron chi connectivity index (χ2n) is 5.03. The van der Waals surface area contributed by atoms with Crippen LogP contribution in [0.5, 0.6) is 0 Å². The van der Waals surface area contributed by atoms with E-state index >= 15 is 0 Å². The summed E-state index contributed by atoms with van der Waals surface area (Å²) < 4.78 is 26.9. The first-order valence-corrected chi connectivity index (χ1v) is 8.47. The van der Waals surface area contributed by atoms with E-state index in [2.05, 4.69) is 6.92 Å². The van der Waals surface area contributed by atoms with Crippen LogP contribution >= 0.6 is 11.3 Å². The minimum absolute atomic E-state index is 0.0541. The maximum Gasteiger partial charge on any atom is 0.252 e. The zero-order valence-corrected chi connectivity index (χ0v) is 12.3. The summed E-state index contributed by atoms with van der Waals surface area (Å²) in [6.45, 7) is 4.61. The summed E-state index contributed by atoms with van der Waals surface area (Å²) in [5.74, 6) is 0.586. The van der Waals surface area contributed by atoms with Crippen molar-refractivity contribution in [3.63, 3.8) is 0 Å². The minimum atomic E-state index is -3.38. The fourth-order valence-corrected chi connectivity index (χ4v) is 5.41. The van der Waals surface area contributed by atoms with Crippen molar-refractivity contribution < 1.29 is 13.5 Å². The second kappa shape index (κ2) is 5.28. The molecule has 0 aliphatic carbocycles. The molecule has 2 unspecified atom stereocenters. The molecule has 0 aromatic carbocycles. The maximum atomic E-state index is 12.5. The van der Waals surface area contributed by atoms with E-state index in [0.29, 0.717) is 22.2 Å². The van der Waals surface area contributed by atoms with E-state index in [0.717, 1.165) is 12.8 Å². The topological polar surface area (TPSA) is 57.6 Å². The molecule has 2 heterocycles. The Labute approximate surface area is 112 Å². The Morgan fingerprint density at radius 3 is 2.78 bits per heavy atom. The Balaban J connectivity index is 2.25. The van der Waals surface area contributed by atoms with Crippen LogP contribution in [0.4, 0.5) is 0 Å². The normalized spacial score (nSPS) is 26.4. The van der Waals surface area contributed by atoms with E-state index in [1.54, 1.807) is 15.8 Å². The number of hydrogen-bond donors (Lipinski definition) is 1. The zero-order valence-electron chi connectivity index (χ0n) is 10.7. The molecule has 102 valence electrons. The molecule has 1 fully saturated rings. The molecule has 18 heavy (non-hydrogen) atoms. The van der Waals surface area contributed by atoms with Gasteiger partial charge in [-0.25, -0.2) is 8.42 Å². The third-order valence-electron chi connectivity index (χ3n) is 3.45. The largest absolute Gasteiger partial charge is 0.392 e. The lowest BCUT2D eigenvalue weighted by Gasteiger charge is -2.35. The Bertz CT molecular complexity index is 509. The molecule has 4 nitrogen and oxygen atoms in total. The molecule has 1 aliphatic heterocycles. The number of hydrogen-bond acceptors (Lipinski definition) is 4. The third-order valence-corrected chi connectivity index (χ3v) is 6.93. The minimum Gasteiger partial charge on any atom is -0.392 e. The first-order chi connectivity index (χ1) is 8.45. The summed E-state index contributed by atoms with van der Waals surface area (Å²) in [6, 6.07) is 1.63. The van der Waals surface area contributed by atoms with Gasteiger partial charge in [0.1, 0.15) is 4.21 Å². The quantitative estimate of drug-likeness (QED) is 0.926. The summed E-state index contributed by atoms with van der Waals surface area (Å²) in [4.78, 5) is 0. The van der Waals surface area contributed by atoms with Crippen molar-refractivity contribution >= 4 is 21.4 Å². The molecule has 2 atom stereocenters. The van der Waals surface area contributed by atoms with Gasteiger partial charge < -0.3 is 5.11 Å². The van der Waals surface area contributed by atoms with Gasteiger partial charge in [0.2, 0.25) is 0 Å². The van der Waals surface area contributed by atoms with Gasteiger partial charge in [-0.05, 0) is 42.7 Å². The van der Waals surface area contributed by atoms with E-state index < -0.39 is 10.0 Å². The molecular formula is C12H19NO3S2. The average Bonchev–Trinajstić information content (AvgIpc) is 2.77. The SMILES string of the molecule is CC1CCN(S(=O)(=O)c2cc(CO)cs2)C(C)C1. The van der Waals surface area contributed by atoms with Crippen LogP contribution in [0.1, 0.15) is 32.3 Å².